The van der Waals surface area contributed by atoms with E-state index in [2.05, 4.69) is 0 Å². The van der Waals surface area contributed by atoms with E-state index < -0.39 is 49.4 Å². The molecule has 0 bridgehead atoms. The van der Waals surface area contributed by atoms with E-state index in [9.17, 15) is 27.4 Å². The zero-order chi connectivity index (χ0) is 30.1. The Morgan fingerprint density at radius 2 is 1.22 bits per heavy atom. The van der Waals surface area contributed by atoms with Crippen LogP contribution in [0.15, 0.2) is 59.5 Å². The van der Waals surface area contributed by atoms with Crippen molar-refractivity contribution < 1.29 is 46.3 Å². The second-order valence-corrected chi connectivity index (χ2v) is 13.4. The summed E-state index contributed by atoms with van der Waals surface area (Å²) in [5.74, 6) is -1.03. The molecule has 214 valence electrons. The Morgan fingerprint density at radius 3 is 1.66 bits per heavy atom. The molecule has 0 fully saturated rings. The first-order chi connectivity index (χ1) is 18.9. The third-order valence-corrected chi connectivity index (χ3v) is 7.51. The van der Waals surface area contributed by atoms with Gasteiger partial charge in [0.25, 0.3) is 10.1 Å². The number of hydrogen-bond donors (Lipinski definition) is 1. The monoisotopic (exact) mass is 580 g/mol. The molecule has 11 heteroatoms. The molecule has 3 aromatic carbocycles. The maximum atomic E-state index is 13.2. The maximum Gasteiger partial charge on any atom is 0.340 e. The Balaban J connectivity index is 1.70. The van der Waals surface area contributed by atoms with Gasteiger partial charge in [-0.05, 0) is 77.9 Å². The molecule has 2 heterocycles. The Labute approximate surface area is 236 Å². The van der Waals surface area contributed by atoms with E-state index in [-0.39, 0.29) is 28.6 Å². The van der Waals surface area contributed by atoms with Crippen LogP contribution in [0, 0.1) is 10.8 Å². The number of carbonyl (C=O) groups excluding carboxylic acids is 3. The van der Waals surface area contributed by atoms with Crippen LogP contribution in [-0.4, -0.2) is 30.9 Å². The second-order valence-electron chi connectivity index (χ2n) is 12.0. The molecule has 10 nitrogen and oxygen atoms in total. The normalized spacial score (nSPS) is 15.2. The number of benzene rings is 3. The number of carbonyl (C=O) groups is 3. The summed E-state index contributed by atoms with van der Waals surface area (Å²) in [6, 6.07) is 12.8. The van der Waals surface area contributed by atoms with Gasteiger partial charge in [0.05, 0.1) is 21.3 Å². The zero-order valence-corrected chi connectivity index (χ0v) is 24.0. The Hall–Kier alpha value is -4.22. The van der Waals surface area contributed by atoms with Crippen LogP contribution in [0.2, 0.25) is 0 Å². The average Bonchev–Trinajstić information content (AvgIpc) is 3.14. The second kappa shape index (κ2) is 9.15. The fourth-order valence-electron chi connectivity index (χ4n) is 4.48. The van der Waals surface area contributed by atoms with Gasteiger partial charge in [-0.2, -0.15) is 8.42 Å². The molecule has 0 atom stereocenters. The number of esters is 3. The molecule has 2 aliphatic rings. The highest BCUT2D eigenvalue weighted by molar-refractivity contribution is 7.85. The van der Waals surface area contributed by atoms with Crippen molar-refractivity contribution in [3.63, 3.8) is 0 Å². The van der Waals surface area contributed by atoms with Crippen LogP contribution < -0.4 is 14.2 Å². The third-order valence-electron chi connectivity index (χ3n) is 6.66. The fraction of sp³-hybridized carbons (Fsp3) is 0.300. The predicted molar refractivity (Wildman–Crippen MR) is 145 cm³/mol. The fourth-order valence-corrected chi connectivity index (χ4v) is 4.98. The Kier molecular flexibility index (Phi) is 6.32. The van der Waals surface area contributed by atoms with E-state index in [4.69, 9.17) is 18.9 Å². The molecule has 3 aromatic rings. The van der Waals surface area contributed by atoms with Crippen LogP contribution in [0.4, 0.5) is 0 Å². The minimum Gasteiger partial charge on any atom is -0.456 e. The minimum atomic E-state index is -4.60. The van der Waals surface area contributed by atoms with Crippen molar-refractivity contribution in [2.75, 3.05) is 0 Å². The van der Waals surface area contributed by atoms with Crippen LogP contribution in [0.3, 0.4) is 0 Å². The average molecular weight is 581 g/mol. The van der Waals surface area contributed by atoms with E-state index >= 15 is 0 Å². The summed E-state index contributed by atoms with van der Waals surface area (Å²) in [4.78, 5) is 37.8. The molecule has 0 amide bonds. The lowest BCUT2D eigenvalue weighted by Crippen LogP contribution is -2.33. The van der Waals surface area contributed by atoms with Gasteiger partial charge in [0.1, 0.15) is 23.0 Å². The molecule has 0 aromatic heterocycles. The summed E-state index contributed by atoms with van der Waals surface area (Å²) in [5.41, 5.74) is -2.14. The molecule has 41 heavy (non-hydrogen) atoms. The highest BCUT2D eigenvalue weighted by atomic mass is 32.2. The van der Waals surface area contributed by atoms with E-state index in [0.717, 1.165) is 6.07 Å². The van der Waals surface area contributed by atoms with Crippen molar-refractivity contribution in [3.05, 3.63) is 76.9 Å². The molecule has 5 rings (SSSR count). The Bertz CT molecular complexity index is 1660. The van der Waals surface area contributed by atoms with Crippen LogP contribution in [0.25, 0.3) is 0 Å². The molecule has 0 radical (unpaired) electrons. The summed E-state index contributed by atoms with van der Waals surface area (Å²) in [6.07, 6.45) is 0. The molecular weight excluding hydrogens is 552 g/mol. The lowest BCUT2D eigenvalue weighted by Gasteiger charge is -2.36. The van der Waals surface area contributed by atoms with E-state index in [0.29, 0.717) is 16.7 Å². The van der Waals surface area contributed by atoms with Gasteiger partial charge < -0.3 is 18.9 Å². The topological polar surface area (TPSA) is 142 Å². The molecule has 2 aliphatic heterocycles. The van der Waals surface area contributed by atoms with Crippen LogP contribution >= 0.6 is 0 Å². The maximum absolute atomic E-state index is 13.2. The zero-order valence-electron chi connectivity index (χ0n) is 23.2. The number of rotatable bonds is 3. The lowest BCUT2D eigenvalue weighted by atomic mass is 9.77. The summed E-state index contributed by atoms with van der Waals surface area (Å²) >= 11 is 0. The van der Waals surface area contributed by atoms with Crippen LogP contribution in [-0.2, 0) is 30.0 Å². The van der Waals surface area contributed by atoms with E-state index in [1.54, 1.807) is 53.7 Å². The van der Waals surface area contributed by atoms with Crippen LogP contribution in [0.1, 0.15) is 68.6 Å². The summed E-state index contributed by atoms with van der Waals surface area (Å²) < 4.78 is 56.5. The standard InChI is InChI=1S/C30H28O10S/c1-28(2,3)26(32)37-16-7-10-21-23(13-16)39-24-14-17(38-27(33)29(4,5)6)8-11-22(24)30(21)20-12-9-18(41(34,35)36)15-19(20)25(31)40-30/h7-15H,1-6H3,(H,34,35,36). The predicted octanol–water partition coefficient (Wildman–Crippen LogP) is 5.40. The summed E-state index contributed by atoms with van der Waals surface area (Å²) in [7, 11) is -4.60. The highest BCUT2D eigenvalue weighted by Crippen LogP contribution is 2.57. The third kappa shape index (κ3) is 4.85. The molecular formula is C30H28O10S. The van der Waals surface area contributed by atoms with Crippen molar-refractivity contribution in [3.8, 4) is 23.0 Å². The first kappa shape index (κ1) is 28.3. The van der Waals surface area contributed by atoms with E-state index in [1.807, 2.05) is 0 Å². The molecule has 0 unspecified atom stereocenters. The SMILES string of the molecule is CC(C)(C)C(=O)Oc1ccc2c(c1)Oc1cc(OC(=O)C(C)(C)C)ccc1C21OC(=O)c2cc(S(=O)(=O)O)ccc21. The van der Waals surface area contributed by atoms with E-state index in [1.165, 1.54) is 36.4 Å². The first-order valence-corrected chi connectivity index (χ1v) is 14.1. The summed E-state index contributed by atoms with van der Waals surface area (Å²) in [5, 5.41) is 0. The molecule has 0 saturated carbocycles. The van der Waals surface area contributed by atoms with Crippen molar-refractivity contribution in [2.24, 2.45) is 10.8 Å². The first-order valence-electron chi connectivity index (χ1n) is 12.7. The van der Waals surface area contributed by atoms with Crippen molar-refractivity contribution >= 4 is 28.0 Å². The van der Waals surface area contributed by atoms with Gasteiger partial charge in [0.15, 0.2) is 5.60 Å². The van der Waals surface area contributed by atoms with Gasteiger partial charge in [0.2, 0.25) is 0 Å². The van der Waals surface area contributed by atoms with Gasteiger partial charge in [-0.3, -0.25) is 14.1 Å². The molecule has 0 aliphatic carbocycles. The van der Waals surface area contributed by atoms with Crippen molar-refractivity contribution in [1.29, 1.82) is 0 Å². The number of fused-ring (bicyclic) bond motifs is 6. The molecule has 1 spiro atoms. The van der Waals surface area contributed by atoms with Gasteiger partial charge >= 0.3 is 17.9 Å². The van der Waals surface area contributed by atoms with Gasteiger partial charge in [-0.25, -0.2) is 4.79 Å². The Morgan fingerprint density at radius 1 is 0.756 bits per heavy atom. The number of ether oxygens (including phenoxy) is 4. The van der Waals surface area contributed by atoms with Gasteiger partial charge in [0, 0.05) is 28.8 Å². The highest BCUT2D eigenvalue weighted by Gasteiger charge is 2.54. The van der Waals surface area contributed by atoms with Crippen molar-refractivity contribution in [2.45, 2.75) is 52.0 Å². The van der Waals surface area contributed by atoms with Gasteiger partial charge in [-0.15, -0.1) is 0 Å². The summed E-state index contributed by atoms with van der Waals surface area (Å²) in [6.45, 7) is 10.3. The molecule has 1 N–H and O–H groups in total. The quantitative estimate of drug-likeness (QED) is 0.243. The smallest absolute Gasteiger partial charge is 0.340 e. The largest absolute Gasteiger partial charge is 0.456 e. The minimum absolute atomic E-state index is 0.0644. The van der Waals surface area contributed by atoms with Crippen LogP contribution in [0.5, 0.6) is 23.0 Å². The molecule has 0 saturated heterocycles. The van der Waals surface area contributed by atoms with Crippen molar-refractivity contribution in [1.82, 2.24) is 0 Å². The van der Waals surface area contributed by atoms with Gasteiger partial charge in [-0.1, -0.05) is 6.07 Å². The lowest BCUT2D eigenvalue weighted by molar-refractivity contribution is -0.143. The number of hydrogen-bond acceptors (Lipinski definition) is 9.